The van der Waals surface area contributed by atoms with Gasteiger partial charge in [-0.05, 0) is 55.4 Å². The van der Waals surface area contributed by atoms with Crippen LogP contribution < -0.4 is 21.7 Å². The van der Waals surface area contributed by atoms with E-state index in [1.54, 1.807) is 7.11 Å². The highest BCUT2D eigenvalue weighted by atomic mass is 16.7. The summed E-state index contributed by atoms with van der Waals surface area (Å²) in [6, 6.07) is -0.157. The van der Waals surface area contributed by atoms with Gasteiger partial charge in [-0.25, -0.2) is 0 Å². The number of ether oxygens (including phenoxy) is 2. The van der Waals surface area contributed by atoms with Gasteiger partial charge >= 0.3 is 0 Å². The molecule has 0 aromatic rings. The molecule has 1 saturated heterocycles. The number of piperidine rings is 1. The van der Waals surface area contributed by atoms with Gasteiger partial charge in [0.2, 0.25) is 0 Å². The number of methoxy groups -OCH3 is 1. The molecule has 3 unspecified atom stereocenters. The normalized spacial score (nSPS) is 25.3. The Kier molecular flexibility index (Phi) is 11.3. The van der Waals surface area contributed by atoms with Crippen LogP contribution in [-0.4, -0.2) is 54.6 Å². The first-order chi connectivity index (χ1) is 21.2. The number of carbonyl (C=O) groups is 1. The topological polar surface area (TPSA) is 101 Å². The minimum absolute atomic E-state index is 0.0554. The van der Waals surface area contributed by atoms with Crippen LogP contribution in [0.3, 0.4) is 0 Å². The molecule has 3 saturated carbocycles. The lowest BCUT2D eigenvalue weighted by Crippen LogP contribution is -2.53. The quantitative estimate of drug-likeness (QED) is 0.0813. The van der Waals surface area contributed by atoms with Crippen LogP contribution in [0.2, 0.25) is 0 Å². The molecule has 4 aliphatic rings. The molecule has 252 valence electrons. The van der Waals surface area contributed by atoms with Crippen molar-refractivity contribution in [3.63, 3.8) is 0 Å². The molecule has 5 N–H and O–H groups in total. The maximum atomic E-state index is 13.0. The number of fused-ring (bicyclic) bond motifs is 1. The molecule has 0 amide bonds. The number of ketones is 1. The van der Waals surface area contributed by atoms with E-state index in [0.29, 0.717) is 30.3 Å². The van der Waals surface area contributed by atoms with Gasteiger partial charge in [0, 0.05) is 30.4 Å². The van der Waals surface area contributed by atoms with Crippen molar-refractivity contribution in [1.29, 1.82) is 0 Å². The number of hydrogen-bond donors (Lipinski definition) is 4. The zero-order valence-corrected chi connectivity index (χ0v) is 28.6. The van der Waals surface area contributed by atoms with Crippen LogP contribution in [-0.2, 0) is 14.3 Å². The highest BCUT2D eigenvalue weighted by Gasteiger charge is 2.54. The third kappa shape index (κ3) is 9.04. The second-order valence-corrected chi connectivity index (χ2v) is 15.4. The van der Waals surface area contributed by atoms with Crippen molar-refractivity contribution in [1.82, 2.24) is 20.9 Å². The Morgan fingerprint density at radius 2 is 1.69 bits per heavy atom. The molecule has 0 bridgehead atoms. The van der Waals surface area contributed by atoms with Gasteiger partial charge in [-0.1, -0.05) is 92.0 Å². The van der Waals surface area contributed by atoms with Gasteiger partial charge in [0.15, 0.2) is 5.78 Å². The Hall–Kier alpha value is -3.03. The summed E-state index contributed by atoms with van der Waals surface area (Å²) in [5.41, 5.74) is 7.71. The van der Waals surface area contributed by atoms with Crippen molar-refractivity contribution in [2.24, 2.45) is 28.9 Å². The molecule has 0 radical (unpaired) electrons. The van der Waals surface area contributed by atoms with Crippen LogP contribution in [0.4, 0.5) is 0 Å². The highest BCUT2D eigenvalue weighted by Crippen LogP contribution is 2.52. The van der Waals surface area contributed by atoms with Crippen molar-refractivity contribution in [3.05, 3.63) is 61.8 Å². The summed E-state index contributed by atoms with van der Waals surface area (Å²) >= 11 is 0. The number of likely N-dealkylation sites (tertiary alicyclic amines) is 1. The molecular formula is C37H61N5O3. The average molecular weight is 624 g/mol. The number of nitrogens with one attached hydrogen (secondary N) is 3. The first-order valence-corrected chi connectivity index (χ1v) is 17.2. The van der Waals surface area contributed by atoms with E-state index in [4.69, 9.17) is 15.2 Å². The molecule has 0 spiro atoms. The maximum absolute atomic E-state index is 13.0. The van der Waals surface area contributed by atoms with E-state index < -0.39 is 0 Å². The van der Waals surface area contributed by atoms with Gasteiger partial charge < -0.3 is 36.1 Å². The van der Waals surface area contributed by atoms with Gasteiger partial charge in [-0.3, -0.25) is 4.79 Å². The zero-order chi connectivity index (χ0) is 32.9. The fourth-order valence-electron chi connectivity index (χ4n) is 7.55. The predicted molar refractivity (Wildman–Crippen MR) is 183 cm³/mol. The van der Waals surface area contributed by atoms with Gasteiger partial charge in [-0.2, -0.15) is 0 Å². The lowest BCUT2D eigenvalue weighted by atomic mass is 9.80. The Morgan fingerprint density at radius 1 is 1.02 bits per heavy atom. The summed E-state index contributed by atoms with van der Waals surface area (Å²) in [6.07, 6.45) is 13.1. The summed E-state index contributed by atoms with van der Waals surface area (Å²) in [7, 11) is 1.58. The number of hydrogen-bond acceptors (Lipinski definition) is 8. The minimum Gasteiger partial charge on any atom is -0.469 e. The molecule has 5 atom stereocenters. The van der Waals surface area contributed by atoms with Gasteiger partial charge in [-0.15, -0.1) is 0 Å². The molecule has 0 aromatic carbocycles. The van der Waals surface area contributed by atoms with Gasteiger partial charge in [0.1, 0.15) is 6.61 Å². The molecule has 0 aromatic heterocycles. The second kappa shape index (κ2) is 14.6. The summed E-state index contributed by atoms with van der Waals surface area (Å²) in [4.78, 5) is 15.4. The SMILES string of the molecule is C=C(NC(CC(=C)N1C[C@@H]2C[C@@H]2C1C(=C)NC(CC1CCC1)C(=O)C(=C)N)C(C)(C)C)NC1(COC(=C)OC)CCCCCC1. The Bertz CT molecular complexity index is 1130. The first-order valence-electron chi connectivity index (χ1n) is 17.2. The van der Waals surface area contributed by atoms with Crippen LogP contribution in [0.5, 0.6) is 0 Å². The van der Waals surface area contributed by atoms with Gasteiger partial charge in [0.25, 0.3) is 5.95 Å². The maximum Gasteiger partial charge on any atom is 0.271 e. The van der Waals surface area contributed by atoms with E-state index in [1.165, 1.54) is 38.5 Å². The molecule has 45 heavy (non-hydrogen) atoms. The molecule has 1 heterocycles. The van der Waals surface area contributed by atoms with Crippen molar-refractivity contribution in [3.8, 4) is 0 Å². The van der Waals surface area contributed by atoms with Gasteiger partial charge in [0.05, 0.1) is 36.3 Å². The van der Waals surface area contributed by atoms with Crippen molar-refractivity contribution < 1.29 is 14.3 Å². The Morgan fingerprint density at radius 3 is 2.24 bits per heavy atom. The molecular weight excluding hydrogens is 562 g/mol. The van der Waals surface area contributed by atoms with Crippen LogP contribution in [0.15, 0.2) is 61.8 Å². The van der Waals surface area contributed by atoms with E-state index in [9.17, 15) is 4.79 Å². The molecule has 4 fully saturated rings. The molecule has 8 heteroatoms. The number of nitrogens with two attached hydrogens (primary N) is 1. The number of rotatable bonds is 18. The fourth-order valence-corrected chi connectivity index (χ4v) is 7.55. The largest absolute Gasteiger partial charge is 0.469 e. The van der Waals surface area contributed by atoms with Crippen molar-refractivity contribution in [2.45, 2.75) is 121 Å². The summed E-state index contributed by atoms with van der Waals surface area (Å²) in [6.45, 7) is 29.4. The van der Waals surface area contributed by atoms with Crippen LogP contribution >= 0.6 is 0 Å². The number of carbonyl (C=O) groups excluding carboxylic acids is 1. The number of Topliss-reactive ketones (excluding diaryl/α,β-unsaturated/α-hetero) is 1. The van der Waals surface area contributed by atoms with Crippen LogP contribution in [0.25, 0.3) is 0 Å². The summed E-state index contributed by atoms with van der Waals surface area (Å²) in [5.74, 6) is 2.78. The van der Waals surface area contributed by atoms with Crippen LogP contribution in [0, 0.1) is 23.2 Å². The average Bonchev–Trinajstić information content (AvgIpc) is 3.67. The molecule has 8 nitrogen and oxygen atoms in total. The molecule has 4 rings (SSSR count). The third-order valence-corrected chi connectivity index (χ3v) is 10.7. The fraction of sp³-hybridized carbons (Fsp3) is 0.703. The first kappa shape index (κ1) is 34.8. The van der Waals surface area contributed by atoms with E-state index in [-0.39, 0.29) is 40.6 Å². The van der Waals surface area contributed by atoms with E-state index >= 15 is 0 Å². The van der Waals surface area contributed by atoms with E-state index in [1.807, 2.05) is 0 Å². The van der Waals surface area contributed by atoms with Crippen LogP contribution in [0.1, 0.15) is 97.8 Å². The smallest absolute Gasteiger partial charge is 0.271 e. The lowest BCUT2D eigenvalue weighted by Gasteiger charge is -2.41. The monoisotopic (exact) mass is 623 g/mol. The van der Waals surface area contributed by atoms with Crippen molar-refractivity contribution >= 4 is 5.78 Å². The number of nitrogens with zero attached hydrogens (tertiary/aromatic N) is 1. The standard InChI is InChI=1S/C37H61N5O3/c1-24(42-22-30-21-31(30)34(42)26(3)39-32(35(43)25(2)38)20-29-15-14-16-29)19-33(36(6,7)8)40-27(4)41-37(23-45-28(5)44-9)17-12-10-11-13-18-37/h29-34,39-41H,1-5,10-23,38H2,6-9H3/t30-,31-,32?,33?,34?/m0/s1. The Balaban J connectivity index is 1.42. The van der Waals surface area contributed by atoms with E-state index in [0.717, 1.165) is 62.3 Å². The molecule has 1 aliphatic heterocycles. The highest BCUT2D eigenvalue weighted by molar-refractivity contribution is 5.98. The zero-order valence-electron chi connectivity index (χ0n) is 28.6. The molecule has 3 aliphatic carbocycles. The third-order valence-electron chi connectivity index (χ3n) is 10.7. The summed E-state index contributed by atoms with van der Waals surface area (Å²) < 4.78 is 11.1. The summed E-state index contributed by atoms with van der Waals surface area (Å²) in [5, 5.41) is 11.1. The lowest BCUT2D eigenvalue weighted by molar-refractivity contribution is -0.118. The van der Waals surface area contributed by atoms with Crippen molar-refractivity contribution in [2.75, 3.05) is 20.3 Å². The predicted octanol–water partition coefficient (Wildman–Crippen LogP) is 6.21. The second-order valence-electron chi connectivity index (χ2n) is 15.4. The Labute approximate surface area is 273 Å². The van der Waals surface area contributed by atoms with E-state index in [2.05, 4.69) is 74.5 Å². The minimum atomic E-state index is -0.368.